The summed E-state index contributed by atoms with van der Waals surface area (Å²) in [6.07, 6.45) is 2.23. The van der Waals surface area contributed by atoms with Crippen molar-refractivity contribution in [2.75, 3.05) is 13.1 Å². The van der Waals surface area contributed by atoms with Crippen LogP contribution in [0.25, 0.3) is 4.96 Å². The summed E-state index contributed by atoms with van der Waals surface area (Å²) in [5.41, 5.74) is 0.657. The zero-order valence-electron chi connectivity index (χ0n) is 14.7. The highest BCUT2D eigenvalue weighted by Crippen LogP contribution is 2.35. The molecule has 0 radical (unpaired) electrons. The van der Waals surface area contributed by atoms with Gasteiger partial charge in [-0.1, -0.05) is 18.3 Å². The topological polar surface area (TPSA) is 54.9 Å². The van der Waals surface area contributed by atoms with Gasteiger partial charge in [-0.05, 0) is 38.0 Å². The molecule has 3 aromatic rings. The first-order valence-electron chi connectivity index (χ1n) is 8.78. The fourth-order valence-corrected chi connectivity index (χ4v) is 5.08. The van der Waals surface area contributed by atoms with E-state index in [0.717, 1.165) is 32.0 Å². The minimum absolute atomic E-state index is 0.0334. The molecule has 3 atom stereocenters. The maximum atomic E-state index is 13.9. The largest absolute Gasteiger partial charge is 0.492 e. The molecule has 8 heteroatoms. The van der Waals surface area contributed by atoms with E-state index in [4.69, 9.17) is 0 Å². The Kier molecular flexibility index (Phi) is 4.40. The molecule has 1 unspecified atom stereocenters. The van der Waals surface area contributed by atoms with E-state index in [9.17, 15) is 13.9 Å². The number of aromatic hydroxyl groups is 1. The number of thiazole rings is 1. The molecule has 2 aromatic heterocycles. The van der Waals surface area contributed by atoms with Gasteiger partial charge in [0.15, 0.2) is 17.7 Å². The number of halogens is 2. The van der Waals surface area contributed by atoms with Gasteiger partial charge in [0.2, 0.25) is 10.8 Å². The summed E-state index contributed by atoms with van der Waals surface area (Å²) in [5, 5.41) is 15.0. The van der Waals surface area contributed by atoms with Crippen molar-refractivity contribution in [3.05, 3.63) is 46.1 Å². The SMILES string of the molecule is Cc1nc2sc([C@@H](c3ccc(F)c(F)c3)[NH+]3CCC[C@H](C)C3)c(O)n2n1. The normalized spacial score (nSPS) is 22.0. The minimum atomic E-state index is -0.869. The number of piperidine rings is 1. The summed E-state index contributed by atoms with van der Waals surface area (Å²) >= 11 is 1.35. The maximum absolute atomic E-state index is 13.9. The monoisotopic (exact) mass is 379 g/mol. The Balaban J connectivity index is 1.84. The predicted molar refractivity (Wildman–Crippen MR) is 94.6 cm³/mol. The van der Waals surface area contributed by atoms with E-state index in [0.29, 0.717) is 27.1 Å². The van der Waals surface area contributed by atoms with Crippen molar-refractivity contribution in [1.29, 1.82) is 0 Å². The van der Waals surface area contributed by atoms with Gasteiger partial charge in [-0.2, -0.15) is 4.52 Å². The third-order valence-electron chi connectivity index (χ3n) is 5.06. The van der Waals surface area contributed by atoms with Crippen molar-refractivity contribution < 1.29 is 18.8 Å². The molecule has 0 bridgehead atoms. The third kappa shape index (κ3) is 2.97. The molecule has 0 amide bonds. The number of benzene rings is 1. The Hall–Kier alpha value is -2.06. The highest BCUT2D eigenvalue weighted by molar-refractivity contribution is 7.17. The van der Waals surface area contributed by atoms with Crippen LogP contribution < -0.4 is 4.90 Å². The first kappa shape index (κ1) is 17.4. The molecule has 1 saturated heterocycles. The number of nitrogens with one attached hydrogen (secondary N) is 1. The summed E-state index contributed by atoms with van der Waals surface area (Å²) in [6, 6.07) is 3.73. The van der Waals surface area contributed by atoms with Crippen molar-refractivity contribution in [2.45, 2.75) is 32.7 Å². The Morgan fingerprint density at radius 1 is 1.35 bits per heavy atom. The molecule has 0 spiro atoms. The summed E-state index contributed by atoms with van der Waals surface area (Å²) in [4.78, 5) is 6.87. The molecule has 138 valence electrons. The van der Waals surface area contributed by atoms with E-state index in [1.54, 1.807) is 13.0 Å². The number of fused-ring (bicyclic) bond motifs is 1. The van der Waals surface area contributed by atoms with Crippen LogP contribution in [0.1, 0.15) is 42.1 Å². The van der Waals surface area contributed by atoms with Gasteiger partial charge < -0.3 is 10.0 Å². The molecule has 2 N–H and O–H groups in total. The number of likely N-dealkylation sites (tertiary alicyclic amines) is 1. The first-order chi connectivity index (χ1) is 12.4. The van der Waals surface area contributed by atoms with Crippen molar-refractivity contribution in [1.82, 2.24) is 14.6 Å². The number of aryl methyl sites for hydroxylation is 1. The Bertz CT molecular complexity index is 954. The quantitative estimate of drug-likeness (QED) is 0.735. The fraction of sp³-hybridized carbons (Fsp3) is 0.444. The van der Waals surface area contributed by atoms with E-state index in [2.05, 4.69) is 17.0 Å². The van der Waals surface area contributed by atoms with E-state index in [-0.39, 0.29) is 11.9 Å². The fourth-order valence-electron chi connectivity index (χ4n) is 3.89. The van der Waals surface area contributed by atoms with Crippen LogP contribution in [0.5, 0.6) is 5.88 Å². The molecule has 1 aromatic carbocycles. The molecule has 26 heavy (non-hydrogen) atoms. The number of rotatable bonds is 3. The van der Waals surface area contributed by atoms with Gasteiger partial charge in [0.25, 0.3) is 0 Å². The summed E-state index contributed by atoms with van der Waals surface area (Å²) in [5.74, 6) is -0.575. The number of aromatic nitrogens is 3. The van der Waals surface area contributed by atoms with Gasteiger partial charge in [-0.3, -0.25) is 0 Å². The number of nitrogens with zero attached hydrogens (tertiary/aromatic N) is 3. The third-order valence-corrected chi connectivity index (χ3v) is 6.14. The Labute approximate surface area is 153 Å². The van der Waals surface area contributed by atoms with Crippen LogP contribution in [0.3, 0.4) is 0 Å². The molecule has 3 heterocycles. The zero-order valence-corrected chi connectivity index (χ0v) is 15.5. The molecule has 1 aliphatic rings. The molecular formula is C18H21F2N4OS+. The summed E-state index contributed by atoms with van der Waals surface area (Å²) in [6.45, 7) is 5.80. The predicted octanol–water partition coefficient (Wildman–Crippen LogP) is 2.49. The molecule has 0 aliphatic carbocycles. The number of hydrogen-bond acceptors (Lipinski definition) is 4. The van der Waals surface area contributed by atoms with Crippen molar-refractivity contribution in [3.8, 4) is 5.88 Å². The molecular weight excluding hydrogens is 358 g/mol. The van der Waals surface area contributed by atoms with E-state index >= 15 is 0 Å². The van der Waals surface area contributed by atoms with Crippen LogP contribution in [-0.2, 0) is 0 Å². The lowest BCUT2D eigenvalue weighted by molar-refractivity contribution is -0.933. The number of hydrogen-bond donors (Lipinski definition) is 2. The zero-order chi connectivity index (χ0) is 18.4. The Morgan fingerprint density at radius 3 is 2.85 bits per heavy atom. The molecule has 1 aliphatic heterocycles. The van der Waals surface area contributed by atoms with E-state index in [1.807, 2.05) is 0 Å². The van der Waals surface area contributed by atoms with Crippen LogP contribution in [0.4, 0.5) is 8.78 Å². The highest BCUT2D eigenvalue weighted by Gasteiger charge is 2.35. The van der Waals surface area contributed by atoms with Gasteiger partial charge in [0.1, 0.15) is 10.7 Å². The van der Waals surface area contributed by atoms with Crippen LogP contribution in [-0.4, -0.2) is 32.8 Å². The number of quaternary nitrogens is 1. The van der Waals surface area contributed by atoms with Gasteiger partial charge in [0, 0.05) is 11.5 Å². The molecule has 0 saturated carbocycles. The van der Waals surface area contributed by atoms with E-state index < -0.39 is 11.6 Å². The standard InChI is InChI=1S/C18H20F2N4OS/c1-10-4-3-7-23(9-10)15(12-5-6-13(19)14(20)8-12)16-17(25)24-18(26-16)21-11(2)22-24/h5-6,8,10,15,25H,3-4,7,9H2,1-2H3/p+1/t10-,15+/m0/s1. The lowest BCUT2D eigenvalue weighted by Gasteiger charge is -2.34. The van der Waals surface area contributed by atoms with Crippen LogP contribution >= 0.6 is 11.3 Å². The molecule has 1 fully saturated rings. The lowest BCUT2D eigenvalue weighted by Crippen LogP contribution is -3.13. The maximum Gasteiger partial charge on any atom is 0.235 e. The first-order valence-corrected chi connectivity index (χ1v) is 9.60. The second kappa shape index (κ2) is 6.59. The van der Waals surface area contributed by atoms with Gasteiger partial charge >= 0.3 is 0 Å². The average molecular weight is 379 g/mol. The lowest BCUT2D eigenvalue weighted by atomic mass is 9.95. The van der Waals surface area contributed by atoms with Crippen molar-refractivity contribution in [2.24, 2.45) is 5.92 Å². The smallest absolute Gasteiger partial charge is 0.235 e. The van der Waals surface area contributed by atoms with Crippen molar-refractivity contribution in [3.63, 3.8) is 0 Å². The average Bonchev–Trinajstić information content (AvgIpc) is 3.09. The van der Waals surface area contributed by atoms with Crippen LogP contribution in [0, 0.1) is 24.5 Å². The molecule has 4 rings (SSSR count). The second-order valence-electron chi connectivity index (χ2n) is 7.11. The van der Waals surface area contributed by atoms with Crippen LogP contribution in [0.15, 0.2) is 18.2 Å². The van der Waals surface area contributed by atoms with Crippen LogP contribution in [0.2, 0.25) is 0 Å². The molecule has 5 nitrogen and oxygen atoms in total. The summed E-state index contributed by atoms with van der Waals surface area (Å²) < 4.78 is 28.8. The van der Waals surface area contributed by atoms with Gasteiger partial charge in [-0.25, -0.2) is 13.8 Å². The van der Waals surface area contributed by atoms with E-state index in [1.165, 1.54) is 26.8 Å². The summed E-state index contributed by atoms with van der Waals surface area (Å²) in [7, 11) is 0. The minimum Gasteiger partial charge on any atom is -0.492 e. The van der Waals surface area contributed by atoms with Gasteiger partial charge in [-0.15, -0.1) is 5.10 Å². The van der Waals surface area contributed by atoms with Crippen molar-refractivity contribution >= 4 is 16.3 Å². The van der Waals surface area contributed by atoms with Gasteiger partial charge in [0.05, 0.1) is 13.1 Å². The Morgan fingerprint density at radius 2 is 2.15 bits per heavy atom. The highest BCUT2D eigenvalue weighted by atomic mass is 32.1. The second-order valence-corrected chi connectivity index (χ2v) is 8.12.